The van der Waals surface area contributed by atoms with Crippen molar-refractivity contribution < 1.29 is 23.8 Å². The van der Waals surface area contributed by atoms with Crippen LogP contribution in [0, 0.1) is 11.7 Å². The summed E-state index contributed by atoms with van der Waals surface area (Å²) in [7, 11) is 0. The minimum atomic E-state index is -1.47. The molecule has 0 aliphatic heterocycles. The van der Waals surface area contributed by atoms with E-state index in [4.69, 9.17) is 4.74 Å². The number of carbonyl (C=O) groups excluding carboxylic acids is 1. The molecule has 2 N–H and O–H groups in total. The SMILES string of the molecule is CC(C)C(Cc1cccc(Oc2ccc(F)cc2)n1)(NC=O)C(=O)O. The number of carboxylic acid groups (broad SMARTS) is 1. The second kappa shape index (κ2) is 7.74. The van der Waals surface area contributed by atoms with E-state index in [0.29, 0.717) is 17.9 Å². The fraction of sp³-hybridized carbons (Fsp3) is 0.278. The summed E-state index contributed by atoms with van der Waals surface area (Å²) in [6.07, 6.45) is 0.381. The van der Waals surface area contributed by atoms with Gasteiger partial charge in [-0.3, -0.25) is 4.79 Å². The molecule has 0 fully saturated rings. The van der Waals surface area contributed by atoms with Crippen molar-refractivity contribution in [3.63, 3.8) is 0 Å². The van der Waals surface area contributed by atoms with Crippen LogP contribution < -0.4 is 10.1 Å². The van der Waals surface area contributed by atoms with Crippen molar-refractivity contribution in [2.75, 3.05) is 0 Å². The first-order valence-electron chi connectivity index (χ1n) is 7.71. The molecule has 1 aromatic carbocycles. The van der Waals surface area contributed by atoms with Crippen molar-refractivity contribution in [1.82, 2.24) is 10.3 Å². The number of amides is 1. The lowest BCUT2D eigenvalue weighted by atomic mass is 9.82. The van der Waals surface area contributed by atoms with Crippen LogP contribution in [-0.2, 0) is 16.0 Å². The Balaban J connectivity index is 2.26. The number of benzene rings is 1. The number of ether oxygens (including phenoxy) is 1. The highest BCUT2D eigenvalue weighted by molar-refractivity contribution is 5.82. The maximum Gasteiger partial charge on any atom is 0.330 e. The number of nitrogens with one attached hydrogen (secondary N) is 1. The van der Waals surface area contributed by atoms with Crippen LogP contribution in [0.4, 0.5) is 4.39 Å². The van der Waals surface area contributed by atoms with Crippen LogP contribution in [0.3, 0.4) is 0 Å². The van der Waals surface area contributed by atoms with E-state index in [0.717, 1.165) is 0 Å². The van der Waals surface area contributed by atoms with Gasteiger partial charge >= 0.3 is 5.97 Å². The third-order valence-corrected chi connectivity index (χ3v) is 3.96. The number of rotatable bonds is 8. The van der Waals surface area contributed by atoms with Gasteiger partial charge in [-0.2, -0.15) is 0 Å². The highest BCUT2D eigenvalue weighted by Gasteiger charge is 2.42. The Kier molecular flexibility index (Phi) is 5.69. The van der Waals surface area contributed by atoms with Crippen LogP contribution >= 0.6 is 0 Å². The van der Waals surface area contributed by atoms with Gasteiger partial charge in [0.25, 0.3) is 0 Å². The van der Waals surface area contributed by atoms with Gasteiger partial charge in [0.1, 0.15) is 17.1 Å². The van der Waals surface area contributed by atoms with E-state index < -0.39 is 11.5 Å². The van der Waals surface area contributed by atoms with Crippen molar-refractivity contribution in [3.8, 4) is 11.6 Å². The quantitative estimate of drug-likeness (QED) is 0.718. The fourth-order valence-electron chi connectivity index (χ4n) is 2.43. The lowest BCUT2D eigenvalue weighted by molar-refractivity contribution is -0.148. The molecule has 0 bridgehead atoms. The minimum absolute atomic E-state index is 0.000637. The lowest BCUT2D eigenvalue weighted by Crippen LogP contribution is -2.57. The molecule has 25 heavy (non-hydrogen) atoms. The zero-order valence-corrected chi connectivity index (χ0v) is 13.9. The zero-order chi connectivity index (χ0) is 18.4. The van der Waals surface area contributed by atoms with Crippen LogP contribution in [0.1, 0.15) is 19.5 Å². The minimum Gasteiger partial charge on any atom is -0.479 e. The summed E-state index contributed by atoms with van der Waals surface area (Å²) in [5, 5.41) is 12.0. The molecular weight excluding hydrogens is 327 g/mol. The number of carboxylic acids is 1. The van der Waals surface area contributed by atoms with Crippen LogP contribution in [0.15, 0.2) is 42.5 Å². The van der Waals surface area contributed by atoms with Gasteiger partial charge in [-0.15, -0.1) is 0 Å². The molecule has 1 aromatic heterocycles. The lowest BCUT2D eigenvalue weighted by Gasteiger charge is -2.32. The molecule has 1 amide bonds. The van der Waals surface area contributed by atoms with Gasteiger partial charge in [0.15, 0.2) is 0 Å². The summed E-state index contributed by atoms with van der Waals surface area (Å²) >= 11 is 0. The number of aliphatic carboxylic acids is 1. The number of hydrogen-bond donors (Lipinski definition) is 2. The summed E-state index contributed by atoms with van der Waals surface area (Å²) in [6.45, 7) is 3.42. The molecule has 0 radical (unpaired) electrons. The molecule has 1 atom stereocenters. The van der Waals surface area contributed by atoms with Crippen molar-refractivity contribution in [3.05, 3.63) is 54.0 Å². The predicted octanol–water partition coefficient (Wildman–Crippen LogP) is 2.78. The highest BCUT2D eigenvalue weighted by atomic mass is 19.1. The van der Waals surface area contributed by atoms with Gasteiger partial charge in [0.05, 0.1) is 0 Å². The van der Waals surface area contributed by atoms with Gasteiger partial charge in [0, 0.05) is 18.2 Å². The molecule has 0 aliphatic carbocycles. The van der Waals surface area contributed by atoms with Crippen molar-refractivity contribution in [1.29, 1.82) is 0 Å². The molecular formula is C18H19FN2O4. The van der Waals surface area contributed by atoms with E-state index in [9.17, 15) is 19.1 Å². The van der Waals surface area contributed by atoms with E-state index in [1.807, 2.05) is 0 Å². The van der Waals surface area contributed by atoms with Crippen molar-refractivity contribution in [2.45, 2.75) is 25.8 Å². The average Bonchev–Trinajstić information content (AvgIpc) is 2.56. The van der Waals surface area contributed by atoms with Gasteiger partial charge in [0.2, 0.25) is 12.3 Å². The predicted molar refractivity (Wildman–Crippen MR) is 88.8 cm³/mol. The Morgan fingerprint density at radius 3 is 2.56 bits per heavy atom. The number of aromatic nitrogens is 1. The first-order chi connectivity index (χ1) is 11.9. The molecule has 2 rings (SSSR count). The molecule has 132 valence electrons. The van der Waals surface area contributed by atoms with Crippen LogP contribution in [0.2, 0.25) is 0 Å². The van der Waals surface area contributed by atoms with Gasteiger partial charge < -0.3 is 15.2 Å². The van der Waals surface area contributed by atoms with E-state index in [1.54, 1.807) is 32.0 Å². The first-order valence-corrected chi connectivity index (χ1v) is 7.71. The molecule has 6 nitrogen and oxygen atoms in total. The number of hydrogen-bond acceptors (Lipinski definition) is 4. The maximum absolute atomic E-state index is 12.9. The van der Waals surface area contributed by atoms with Gasteiger partial charge in [-0.25, -0.2) is 14.2 Å². The number of carbonyl (C=O) groups is 2. The molecule has 0 saturated heterocycles. The highest BCUT2D eigenvalue weighted by Crippen LogP contribution is 2.25. The molecule has 2 aromatic rings. The summed E-state index contributed by atoms with van der Waals surface area (Å²) in [4.78, 5) is 26.9. The van der Waals surface area contributed by atoms with E-state index in [-0.39, 0.29) is 24.0 Å². The average molecular weight is 346 g/mol. The Labute approximate surface area is 144 Å². The van der Waals surface area contributed by atoms with Crippen LogP contribution in [0.5, 0.6) is 11.6 Å². The molecule has 7 heteroatoms. The third-order valence-electron chi connectivity index (χ3n) is 3.96. The summed E-state index contributed by atoms with van der Waals surface area (Å²) < 4.78 is 18.5. The summed E-state index contributed by atoms with van der Waals surface area (Å²) in [5.41, 5.74) is -1.02. The van der Waals surface area contributed by atoms with E-state index >= 15 is 0 Å². The van der Waals surface area contributed by atoms with E-state index in [1.165, 1.54) is 24.3 Å². The molecule has 1 heterocycles. The summed E-state index contributed by atoms with van der Waals surface area (Å²) in [6, 6.07) is 10.4. The van der Waals surface area contributed by atoms with E-state index in [2.05, 4.69) is 10.3 Å². The van der Waals surface area contributed by atoms with Crippen molar-refractivity contribution in [2.24, 2.45) is 5.92 Å². The standard InChI is InChI=1S/C18H19FN2O4/c1-12(2)18(17(23)24,20-11-22)10-14-4-3-5-16(21-14)25-15-8-6-13(19)7-9-15/h3-9,11-12H,10H2,1-2H3,(H,20,22)(H,23,24). The largest absolute Gasteiger partial charge is 0.479 e. The van der Waals surface area contributed by atoms with Crippen LogP contribution in [-0.4, -0.2) is 28.0 Å². The number of pyridine rings is 1. The van der Waals surface area contributed by atoms with Gasteiger partial charge in [-0.05, 0) is 36.2 Å². The monoisotopic (exact) mass is 346 g/mol. The van der Waals surface area contributed by atoms with Crippen LogP contribution in [0.25, 0.3) is 0 Å². The number of nitrogens with zero attached hydrogens (tertiary/aromatic N) is 1. The second-order valence-corrected chi connectivity index (χ2v) is 5.89. The maximum atomic E-state index is 12.9. The Morgan fingerprint density at radius 1 is 1.32 bits per heavy atom. The molecule has 1 unspecified atom stereocenters. The van der Waals surface area contributed by atoms with Gasteiger partial charge in [-0.1, -0.05) is 19.9 Å². The summed E-state index contributed by atoms with van der Waals surface area (Å²) in [5.74, 6) is -1.22. The molecule has 0 saturated carbocycles. The Bertz CT molecular complexity index is 749. The Morgan fingerprint density at radius 2 is 2.00 bits per heavy atom. The third kappa shape index (κ3) is 4.32. The first kappa shape index (κ1) is 18.4. The van der Waals surface area contributed by atoms with Crippen molar-refractivity contribution >= 4 is 12.4 Å². The Hall–Kier alpha value is -2.96. The smallest absolute Gasteiger partial charge is 0.330 e. The molecule has 0 aliphatic rings. The normalized spacial score (nSPS) is 13.1. The fourth-order valence-corrected chi connectivity index (χ4v) is 2.43. The topological polar surface area (TPSA) is 88.5 Å². The second-order valence-electron chi connectivity index (χ2n) is 5.89. The zero-order valence-electron chi connectivity index (χ0n) is 13.9. The number of halogens is 1. The molecule has 0 spiro atoms.